The molecule has 0 fully saturated rings. The molecule has 0 aliphatic rings. The maximum absolute atomic E-state index is 12.1. The Kier molecular flexibility index (Phi) is 6.34. The van der Waals surface area contributed by atoms with E-state index in [1.807, 2.05) is 31.2 Å². The third kappa shape index (κ3) is 5.03. The summed E-state index contributed by atoms with van der Waals surface area (Å²) in [6, 6.07) is 12.5. The van der Waals surface area contributed by atoms with Gasteiger partial charge in [0.1, 0.15) is 11.8 Å². The van der Waals surface area contributed by atoms with Crippen LogP contribution < -0.4 is 9.47 Å². The monoisotopic (exact) mass is 413 g/mol. The van der Waals surface area contributed by atoms with Crippen molar-refractivity contribution in [2.75, 3.05) is 13.7 Å². The number of hydrogen-bond acceptors (Lipinski definition) is 6. The third-order valence-corrected chi connectivity index (χ3v) is 4.63. The van der Waals surface area contributed by atoms with E-state index in [4.69, 9.17) is 25.8 Å². The maximum atomic E-state index is 12.1. The predicted molar refractivity (Wildman–Crippen MR) is 110 cm³/mol. The third-order valence-electron chi connectivity index (χ3n) is 4.30. The van der Waals surface area contributed by atoms with Gasteiger partial charge in [0, 0.05) is 16.5 Å². The van der Waals surface area contributed by atoms with Crippen LogP contribution in [0.2, 0.25) is 5.15 Å². The number of halogens is 1. The summed E-state index contributed by atoms with van der Waals surface area (Å²) < 4.78 is 15.9. The molecule has 0 amide bonds. The molecule has 0 radical (unpaired) electrons. The molecule has 0 aliphatic carbocycles. The summed E-state index contributed by atoms with van der Waals surface area (Å²) in [5.74, 6) is 0.0471. The van der Waals surface area contributed by atoms with Crippen LogP contribution in [0.3, 0.4) is 0 Å². The number of ether oxygens (including phenoxy) is 3. The fourth-order valence-corrected chi connectivity index (χ4v) is 2.94. The van der Waals surface area contributed by atoms with Gasteiger partial charge in [-0.1, -0.05) is 23.7 Å². The van der Waals surface area contributed by atoms with E-state index in [2.05, 4.69) is 4.98 Å². The van der Waals surface area contributed by atoms with Crippen LogP contribution in [-0.2, 0) is 16.1 Å². The van der Waals surface area contributed by atoms with Crippen molar-refractivity contribution in [2.24, 2.45) is 0 Å². The molecule has 0 bridgehead atoms. The number of methoxy groups -OCH3 is 1. The predicted octanol–water partition coefficient (Wildman–Crippen LogP) is 4.53. The summed E-state index contributed by atoms with van der Waals surface area (Å²) >= 11 is 6.21. The van der Waals surface area contributed by atoms with Crippen molar-refractivity contribution in [3.05, 3.63) is 64.3 Å². The van der Waals surface area contributed by atoms with Gasteiger partial charge in [0.15, 0.2) is 23.9 Å². The second kappa shape index (κ2) is 8.92. The molecule has 3 aromatic rings. The Morgan fingerprint density at radius 3 is 2.59 bits per heavy atom. The van der Waals surface area contributed by atoms with Crippen LogP contribution >= 0.6 is 11.6 Å². The molecule has 1 heterocycles. The van der Waals surface area contributed by atoms with Crippen LogP contribution in [0.15, 0.2) is 42.5 Å². The lowest BCUT2D eigenvalue weighted by Gasteiger charge is -2.12. The minimum absolute atomic E-state index is 0.0156. The van der Waals surface area contributed by atoms with Gasteiger partial charge in [-0.3, -0.25) is 4.79 Å². The van der Waals surface area contributed by atoms with Crippen LogP contribution in [0.25, 0.3) is 10.9 Å². The Morgan fingerprint density at radius 1 is 1.07 bits per heavy atom. The average molecular weight is 414 g/mol. The second-order valence-corrected chi connectivity index (χ2v) is 6.86. The first kappa shape index (κ1) is 20.6. The number of aromatic nitrogens is 1. The maximum Gasteiger partial charge on any atom is 0.344 e. The highest BCUT2D eigenvalue weighted by atomic mass is 35.5. The van der Waals surface area contributed by atoms with E-state index in [1.165, 1.54) is 14.0 Å². The Hall–Kier alpha value is -3.12. The van der Waals surface area contributed by atoms with Crippen molar-refractivity contribution in [2.45, 2.75) is 20.5 Å². The Bertz CT molecular complexity index is 1080. The number of esters is 1. The van der Waals surface area contributed by atoms with Crippen molar-refractivity contribution in [1.82, 2.24) is 4.98 Å². The molecule has 2 aromatic carbocycles. The SMILES string of the molecule is COc1cc(C(C)=O)ccc1OCC(=O)OCc1cc2ccc(C)cc2nc1Cl. The van der Waals surface area contributed by atoms with Crippen LogP contribution in [0.1, 0.15) is 28.4 Å². The summed E-state index contributed by atoms with van der Waals surface area (Å²) in [4.78, 5) is 27.9. The molecule has 3 rings (SSSR count). The number of carbonyl (C=O) groups excluding carboxylic acids is 2. The number of nitrogens with zero attached hydrogens (tertiary/aromatic N) is 1. The van der Waals surface area contributed by atoms with Gasteiger partial charge in [-0.15, -0.1) is 0 Å². The summed E-state index contributed by atoms with van der Waals surface area (Å²) in [6.45, 7) is 3.11. The molecule has 6 nitrogen and oxygen atoms in total. The van der Waals surface area contributed by atoms with Gasteiger partial charge in [0.2, 0.25) is 0 Å². The minimum Gasteiger partial charge on any atom is -0.493 e. The van der Waals surface area contributed by atoms with Gasteiger partial charge in [-0.2, -0.15) is 0 Å². The molecule has 29 heavy (non-hydrogen) atoms. The molecule has 150 valence electrons. The summed E-state index contributed by atoms with van der Waals surface area (Å²) in [7, 11) is 1.46. The van der Waals surface area contributed by atoms with Gasteiger partial charge in [-0.25, -0.2) is 9.78 Å². The molecule has 0 aliphatic heterocycles. The van der Waals surface area contributed by atoms with E-state index in [1.54, 1.807) is 18.2 Å². The van der Waals surface area contributed by atoms with E-state index < -0.39 is 5.97 Å². The molecule has 7 heteroatoms. The molecule has 1 aromatic heterocycles. The second-order valence-electron chi connectivity index (χ2n) is 6.51. The first-order chi connectivity index (χ1) is 13.9. The smallest absolute Gasteiger partial charge is 0.344 e. The number of fused-ring (bicyclic) bond motifs is 1. The number of rotatable bonds is 7. The van der Waals surface area contributed by atoms with E-state index >= 15 is 0 Å². The summed E-state index contributed by atoms with van der Waals surface area (Å²) in [5, 5.41) is 1.20. The lowest BCUT2D eigenvalue weighted by Crippen LogP contribution is -2.15. The normalized spacial score (nSPS) is 10.6. The van der Waals surface area contributed by atoms with E-state index in [-0.39, 0.29) is 19.0 Å². The molecule has 0 atom stereocenters. The molecule has 0 saturated carbocycles. The first-order valence-corrected chi connectivity index (χ1v) is 9.28. The average Bonchev–Trinajstić information content (AvgIpc) is 2.70. The molecule has 0 N–H and O–H groups in total. The molecule has 0 saturated heterocycles. The zero-order chi connectivity index (χ0) is 21.0. The lowest BCUT2D eigenvalue weighted by atomic mass is 10.1. The van der Waals surface area contributed by atoms with Crippen molar-refractivity contribution in [3.63, 3.8) is 0 Å². The molecule has 0 spiro atoms. The molecular weight excluding hydrogens is 394 g/mol. The lowest BCUT2D eigenvalue weighted by molar-refractivity contribution is -0.147. The largest absolute Gasteiger partial charge is 0.493 e. The minimum atomic E-state index is -0.567. The van der Waals surface area contributed by atoms with Gasteiger partial charge in [0.25, 0.3) is 0 Å². The van der Waals surface area contributed by atoms with Crippen LogP contribution in [0, 0.1) is 6.92 Å². The quantitative estimate of drug-likeness (QED) is 0.322. The first-order valence-electron chi connectivity index (χ1n) is 8.90. The fourth-order valence-electron chi connectivity index (χ4n) is 2.74. The zero-order valence-corrected chi connectivity index (χ0v) is 17.1. The van der Waals surface area contributed by atoms with E-state index in [0.29, 0.717) is 27.8 Å². The highest BCUT2D eigenvalue weighted by Gasteiger charge is 2.13. The fraction of sp³-hybridized carbons (Fsp3) is 0.227. The van der Waals surface area contributed by atoms with Gasteiger partial charge in [0.05, 0.1) is 12.6 Å². The molecule has 0 unspecified atom stereocenters. The van der Waals surface area contributed by atoms with E-state index in [9.17, 15) is 9.59 Å². The van der Waals surface area contributed by atoms with Gasteiger partial charge >= 0.3 is 5.97 Å². The molecular formula is C22H20ClNO5. The van der Waals surface area contributed by atoms with Crippen molar-refractivity contribution in [1.29, 1.82) is 0 Å². The van der Waals surface area contributed by atoms with Crippen molar-refractivity contribution >= 4 is 34.3 Å². The highest BCUT2D eigenvalue weighted by Crippen LogP contribution is 2.28. The van der Waals surface area contributed by atoms with Crippen LogP contribution in [0.4, 0.5) is 0 Å². The van der Waals surface area contributed by atoms with E-state index in [0.717, 1.165) is 16.5 Å². The number of ketones is 1. The topological polar surface area (TPSA) is 74.7 Å². The van der Waals surface area contributed by atoms with Crippen molar-refractivity contribution < 1.29 is 23.8 Å². The Morgan fingerprint density at radius 2 is 1.86 bits per heavy atom. The summed E-state index contributed by atoms with van der Waals surface area (Å²) in [6.07, 6.45) is 0. The number of hydrogen-bond donors (Lipinski definition) is 0. The van der Waals surface area contributed by atoms with Gasteiger partial charge < -0.3 is 14.2 Å². The van der Waals surface area contributed by atoms with Crippen LogP contribution in [-0.4, -0.2) is 30.5 Å². The number of benzene rings is 2. The number of aryl methyl sites for hydroxylation is 1. The summed E-state index contributed by atoms with van der Waals surface area (Å²) in [5.41, 5.74) is 2.98. The standard InChI is InChI=1S/C22H20ClNO5/c1-13-4-5-16-9-17(22(23)24-18(16)8-13)11-29-21(26)12-28-19-7-6-15(14(2)25)10-20(19)27-3/h4-10H,11-12H2,1-3H3. The van der Waals surface area contributed by atoms with Crippen molar-refractivity contribution in [3.8, 4) is 11.5 Å². The number of pyridine rings is 1. The Balaban J connectivity index is 1.62. The number of carbonyl (C=O) groups is 2. The van der Waals surface area contributed by atoms with Gasteiger partial charge in [-0.05, 0) is 49.7 Å². The Labute approximate surface area is 173 Å². The zero-order valence-electron chi connectivity index (χ0n) is 16.3. The highest BCUT2D eigenvalue weighted by molar-refractivity contribution is 6.30. The van der Waals surface area contributed by atoms with Crippen LogP contribution in [0.5, 0.6) is 11.5 Å². The number of Topliss-reactive ketones (excluding diaryl/α,β-unsaturated/α-hetero) is 1.